The fourth-order valence-electron chi connectivity index (χ4n) is 2.08. The molecular weight excluding hydrogens is 684 g/mol. The Bertz CT molecular complexity index is 950. The molecule has 0 saturated heterocycles. The zero-order valence-corrected chi connectivity index (χ0v) is 17.9. The predicted molar refractivity (Wildman–Crippen MR) is 85.4 cm³/mol. The molecule has 0 fully saturated rings. The van der Waals surface area contributed by atoms with Crippen LogP contribution in [0.1, 0.15) is 0 Å². The first-order valence-electron chi connectivity index (χ1n) is 8.02. The second kappa shape index (κ2) is 8.73. The van der Waals surface area contributed by atoms with Crippen LogP contribution in [0, 0.1) is 3.57 Å². The lowest BCUT2D eigenvalue weighted by molar-refractivity contribution is -0.476. The Kier molecular flexibility index (Phi) is 7.87. The van der Waals surface area contributed by atoms with Gasteiger partial charge in [0.15, 0.2) is 0 Å². The number of hydrogen-bond acceptors (Lipinski definition) is 1. The van der Waals surface area contributed by atoms with E-state index in [1.54, 1.807) is 0 Å². The third-order valence-electron chi connectivity index (χ3n) is 4.16. The van der Waals surface area contributed by atoms with E-state index in [1.165, 1.54) is 0 Å². The highest BCUT2D eigenvalue weighted by Gasteiger charge is 2.97. The molecule has 0 aliphatic heterocycles. The molecule has 0 N–H and O–H groups in total. The Balaban J connectivity index is 3.68. The standard InChI is InChI=1S/C15H4F19IO/c16-7(17,8(18,19)10(22,23)12(26,27)14(30,31)32)9(20,21)11(24,25)13(28,29)15(33,34)36-6-4-2-1-3-5(6)35/h1-4H. The maximum atomic E-state index is 13.7. The van der Waals surface area contributed by atoms with Gasteiger partial charge in [0.1, 0.15) is 5.75 Å². The summed E-state index contributed by atoms with van der Waals surface area (Å²) in [5.41, 5.74) is 0. The summed E-state index contributed by atoms with van der Waals surface area (Å²) >= 11 is 1.01. The van der Waals surface area contributed by atoms with Crippen molar-refractivity contribution in [3.8, 4) is 5.75 Å². The summed E-state index contributed by atoms with van der Waals surface area (Å²) in [6.45, 7) is 0. The van der Waals surface area contributed by atoms with Crippen LogP contribution in [0.3, 0.4) is 0 Å². The zero-order valence-electron chi connectivity index (χ0n) is 15.8. The SMILES string of the molecule is FC(F)(F)C(F)(F)C(F)(F)C(F)(F)C(F)(F)C(F)(F)C(F)(F)C(F)(F)C(F)(F)Oc1ccccc1I. The molecule has 21 heteroatoms. The fraction of sp³-hybridized carbons (Fsp3) is 0.600. The van der Waals surface area contributed by atoms with Gasteiger partial charge >= 0.3 is 53.7 Å². The van der Waals surface area contributed by atoms with Crippen LogP contribution in [0.25, 0.3) is 0 Å². The number of hydrogen-bond donors (Lipinski definition) is 0. The molecule has 1 aromatic rings. The molecule has 1 rings (SSSR count). The van der Waals surface area contributed by atoms with Gasteiger partial charge in [0.25, 0.3) is 0 Å². The van der Waals surface area contributed by atoms with Gasteiger partial charge in [-0.05, 0) is 34.7 Å². The minimum atomic E-state index is -8.96. The van der Waals surface area contributed by atoms with Crippen molar-refractivity contribution in [3.63, 3.8) is 0 Å². The normalized spacial score (nSPS) is 15.8. The van der Waals surface area contributed by atoms with Gasteiger partial charge in [0, 0.05) is 0 Å². The summed E-state index contributed by atoms with van der Waals surface area (Å²) in [5, 5.41) is 0. The number of rotatable bonds is 9. The monoisotopic (exact) mass is 688 g/mol. The van der Waals surface area contributed by atoms with Crippen LogP contribution < -0.4 is 4.74 Å². The molecule has 0 aromatic heterocycles. The van der Waals surface area contributed by atoms with Gasteiger partial charge < -0.3 is 4.74 Å². The Morgan fingerprint density at radius 1 is 0.444 bits per heavy atom. The van der Waals surface area contributed by atoms with Crippen molar-refractivity contribution >= 4 is 22.6 Å². The predicted octanol–water partition coefficient (Wildman–Crippen LogP) is 8.27. The summed E-state index contributed by atoms with van der Waals surface area (Å²) in [5.74, 6) is -61.9. The first-order chi connectivity index (χ1) is 15.5. The summed E-state index contributed by atoms with van der Waals surface area (Å²) in [6.07, 6.45) is -14.9. The van der Waals surface area contributed by atoms with Crippen molar-refractivity contribution in [1.29, 1.82) is 0 Å². The molecule has 0 spiro atoms. The van der Waals surface area contributed by atoms with Gasteiger partial charge in [-0.3, -0.25) is 0 Å². The summed E-state index contributed by atoms with van der Waals surface area (Å²) in [6, 6.07) is 2.71. The highest BCUT2D eigenvalue weighted by Crippen LogP contribution is 2.65. The molecule has 36 heavy (non-hydrogen) atoms. The summed E-state index contributed by atoms with van der Waals surface area (Å²) in [7, 11) is 0. The summed E-state index contributed by atoms with van der Waals surface area (Å²) in [4.78, 5) is 0. The van der Waals surface area contributed by atoms with Crippen LogP contribution in [0.15, 0.2) is 24.3 Å². The zero-order chi connectivity index (χ0) is 29.2. The van der Waals surface area contributed by atoms with Gasteiger partial charge in [-0.1, -0.05) is 12.1 Å². The topological polar surface area (TPSA) is 9.23 Å². The van der Waals surface area contributed by atoms with E-state index < -0.39 is 63.1 Å². The molecular formula is C15H4F19IO. The second-order valence-corrected chi connectivity index (χ2v) is 7.73. The van der Waals surface area contributed by atoms with E-state index in [1.807, 2.05) is 0 Å². The van der Waals surface area contributed by atoms with E-state index >= 15 is 0 Å². The van der Waals surface area contributed by atoms with Crippen molar-refractivity contribution in [2.75, 3.05) is 0 Å². The van der Waals surface area contributed by atoms with Crippen molar-refractivity contribution in [3.05, 3.63) is 27.8 Å². The molecule has 1 nitrogen and oxygen atoms in total. The molecule has 0 saturated carbocycles. The van der Waals surface area contributed by atoms with E-state index in [0.29, 0.717) is 12.1 Å². The van der Waals surface area contributed by atoms with E-state index in [-0.39, 0.29) is 0 Å². The smallest absolute Gasteiger partial charge is 0.427 e. The van der Waals surface area contributed by atoms with E-state index in [4.69, 9.17) is 0 Å². The molecule has 0 aliphatic carbocycles. The van der Waals surface area contributed by atoms with Gasteiger partial charge in [-0.2, -0.15) is 83.4 Å². The lowest BCUT2D eigenvalue weighted by atomic mass is 9.88. The van der Waals surface area contributed by atoms with Gasteiger partial charge in [0.2, 0.25) is 0 Å². The lowest BCUT2D eigenvalue weighted by Crippen LogP contribution is -2.76. The molecule has 1 aromatic carbocycles. The maximum absolute atomic E-state index is 13.7. The Morgan fingerprint density at radius 2 is 0.750 bits per heavy atom. The molecule has 0 unspecified atom stereocenters. The molecule has 0 heterocycles. The van der Waals surface area contributed by atoms with Gasteiger partial charge in [-0.15, -0.1) is 0 Å². The minimum absolute atomic E-state index is 0.296. The van der Waals surface area contributed by atoms with Crippen LogP contribution in [0.5, 0.6) is 5.75 Å². The first-order valence-corrected chi connectivity index (χ1v) is 9.09. The van der Waals surface area contributed by atoms with E-state index in [0.717, 1.165) is 34.7 Å². The third kappa shape index (κ3) is 4.29. The second-order valence-electron chi connectivity index (χ2n) is 6.57. The van der Waals surface area contributed by atoms with Gasteiger partial charge in [0.05, 0.1) is 3.57 Å². The van der Waals surface area contributed by atoms with Crippen molar-refractivity contribution in [2.45, 2.75) is 53.7 Å². The molecule has 0 aliphatic rings. The van der Waals surface area contributed by atoms with Crippen LogP contribution in [-0.4, -0.2) is 53.7 Å². The van der Waals surface area contributed by atoms with Crippen molar-refractivity contribution in [2.24, 2.45) is 0 Å². The van der Waals surface area contributed by atoms with Crippen LogP contribution in [-0.2, 0) is 0 Å². The van der Waals surface area contributed by atoms with E-state index in [9.17, 15) is 83.4 Å². The van der Waals surface area contributed by atoms with Crippen molar-refractivity contribution in [1.82, 2.24) is 0 Å². The third-order valence-corrected chi connectivity index (χ3v) is 5.05. The Morgan fingerprint density at radius 3 is 1.08 bits per heavy atom. The largest absolute Gasteiger partial charge is 0.471 e. The quantitative estimate of drug-likeness (QED) is 0.188. The number of ether oxygens (including phenoxy) is 1. The number of benzene rings is 1. The number of para-hydroxylation sites is 1. The molecule has 0 bridgehead atoms. The lowest BCUT2D eigenvalue weighted by Gasteiger charge is -2.43. The van der Waals surface area contributed by atoms with Crippen LogP contribution in [0.4, 0.5) is 83.4 Å². The molecule has 210 valence electrons. The Labute approximate surface area is 198 Å². The van der Waals surface area contributed by atoms with E-state index in [2.05, 4.69) is 4.74 Å². The average molecular weight is 688 g/mol. The highest BCUT2D eigenvalue weighted by atomic mass is 127. The van der Waals surface area contributed by atoms with Crippen molar-refractivity contribution < 1.29 is 88.2 Å². The fourth-order valence-corrected chi connectivity index (χ4v) is 2.57. The summed E-state index contributed by atoms with van der Waals surface area (Å²) < 4.78 is 253. The minimum Gasteiger partial charge on any atom is -0.427 e. The highest BCUT2D eigenvalue weighted by molar-refractivity contribution is 14.1. The van der Waals surface area contributed by atoms with Gasteiger partial charge in [-0.25, -0.2) is 0 Å². The molecule has 0 atom stereocenters. The Hall–Kier alpha value is -1.58. The average Bonchev–Trinajstić information content (AvgIpc) is 2.67. The first kappa shape index (κ1) is 32.4. The van der Waals surface area contributed by atoms with Crippen LogP contribution >= 0.6 is 22.6 Å². The molecule has 0 radical (unpaired) electrons. The van der Waals surface area contributed by atoms with Crippen LogP contribution in [0.2, 0.25) is 0 Å². The molecule has 0 amide bonds. The number of alkyl halides is 19. The maximum Gasteiger partial charge on any atom is 0.471 e. The number of halogens is 20.